The Morgan fingerprint density at radius 3 is 2.21 bits per heavy atom. The average molecular weight is 477 g/mol. The summed E-state index contributed by atoms with van der Waals surface area (Å²) < 4.78 is 2.11. The van der Waals surface area contributed by atoms with Crippen molar-refractivity contribution in [1.82, 2.24) is 19.7 Å². The molecule has 170 valence electrons. The van der Waals surface area contributed by atoms with Gasteiger partial charge in [-0.15, -0.1) is 21.5 Å². The first kappa shape index (κ1) is 23.3. The third-order valence-corrected chi connectivity index (χ3v) is 7.08. The average Bonchev–Trinajstić information content (AvgIpc) is 3.47. The quantitative estimate of drug-likeness (QED) is 0.294. The van der Waals surface area contributed by atoms with Crippen LogP contribution < -0.4 is 0 Å². The van der Waals surface area contributed by atoms with E-state index in [2.05, 4.69) is 65.9 Å². The lowest BCUT2D eigenvalue weighted by Crippen LogP contribution is -2.45. The summed E-state index contributed by atoms with van der Waals surface area (Å²) in [6.45, 7) is 7.47. The van der Waals surface area contributed by atoms with Gasteiger partial charge >= 0.3 is 0 Å². The first-order valence-electron chi connectivity index (χ1n) is 10.9. The molecule has 2 aromatic carbocycles. The van der Waals surface area contributed by atoms with Crippen LogP contribution in [0.25, 0.3) is 10.7 Å². The second-order valence-corrected chi connectivity index (χ2v) is 10.7. The minimum atomic E-state index is -0.284. The first-order valence-corrected chi connectivity index (χ1v) is 12.8. The Hall–Kier alpha value is -2.90. The van der Waals surface area contributed by atoms with Crippen LogP contribution in [0, 0.1) is 0 Å². The van der Waals surface area contributed by atoms with Crippen molar-refractivity contribution in [2.45, 2.75) is 44.6 Å². The van der Waals surface area contributed by atoms with Crippen LogP contribution in [0.15, 0.2) is 83.3 Å². The van der Waals surface area contributed by atoms with E-state index >= 15 is 0 Å². The van der Waals surface area contributed by atoms with E-state index in [-0.39, 0.29) is 11.4 Å². The van der Waals surface area contributed by atoms with Crippen LogP contribution in [0.2, 0.25) is 0 Å². The zero-order valence-electron chi connectivity index (χ0n) is 19.1. The summed E-state index contributed by atoms with van der Waals surface area (Å²) in [6, 6.07) is 24.5. The molecule has 0 atom stereocenters. The Labute approximate surface area is 203 Å². The molecule has 0 unspecified atom stereocenters. The molecule has 5 nitrogen and oxygen atoms in total. The van der Waals surface area contributed by atoms with Gasteiger partial charge in [0.05, 0.1) is 17.2 Å². The number of carbonyl (C=O) groups is 1. The molecule has 0 spiro atoms. The summed E-state index contributed by atoms with van der Waals surface area (Å²) in [4.78, 5) is 16.3. The minimum absolute atomic E-state index is 0.0864. The maximum Gasteiger partial charge on any atom is 0.233 e. The zero-order chi connectivity index (χ0) is 23.3. The van der Waals surface area contributed by atoms with Gasteiger partial charge in [-0.05, 0) is 43.3 Å². The fourth-order valence-corrected chi connectivity index (χ4v) is 5.09. The van der Waals surface area contributed by atoms with E-state index in [9.17, 15) is 4.79 Å². The number of rotatable bonds is 8. The minimum Gasteiger partial charge on any atom is -0.333 e. The van der Waals surface area contributed by atoms with E-state index in [1.807, 2.05) is 52.7 Å². The topological polar surface area (TPSA) is 51.0 Å². The van der Waals surface area contributed by atoms with Crippen LogP contribution in [0.4, 0.5) is 0 Å². The van der Waals surface area contributed by atoms with Crippen LogP contribution in [0.5, 0.6) is 0 Å². The fraction of sp³-hybridized carbons (Fsp3) is 0.269. The van der Waals surface area contributed by atoms with E-state index < -0.39 is 0 Å². The molecule has 0 radical (unpaired) electrons. The van der Waals surface area contributed by atoms with Crippen LogP contribution >= 0.6 is 23.1 Å². The van der Waals surface area contributed by atoms with Gasteiger partial charge in [-0.25, -0.2) is 0 Å². The highest BCUT2D eigenvalue weighted by atomic mass is 32.2. The lowest BCUT2D eigenvalue weighted by molar-refractivity contribution is -0.133. The standard InChI is InChI=1S/C26H28N4OS2/c1-26(2,3)30(18-21-13-8-5-9-14-21)23(31)19-33-25-28-27-24(22-15-10-16-32-22)29(25)17-20-11-6-4-7-12-20/h4-16H,17-19H2,1-3H3. The smallest absolute Gasteiger partial charge is 0.233 e. The van der Waals surface area contributed by atoms with Crippen molar-refractivity contribution in [3.8, 4) is 10.7 Å². The molecule has 7 heteroatoms. The molecule has 4 aromatic rings. The van der Waals surface area contributed by atoms with Crippen molar-refractivity contribution < 1.29 is 4.79 Å². The molecular weight excluding hydrogens is 448 g/mol. The Morgan fingerprint density at radius 1 is 0.939 bits per heavy atom. The number of benzene rings is 2. The van der Waals surface area contributed by atoms with E-state index in [0.717, 1.165) is 21.4 Å². The molecule has 0 bridgehead atoms. The summed E-state index contributed by atoms with van der Waals surface area (Å²) in [7, 11) is 0. The summed E-state index contributed by atoms with van der Waals surface area (Å²) >= 11 is 3.09. The van der Waals surface area contributed by atoms with Gasteiger partial charge in [-0.2, -0.15) is 0 Å². The number of thiophene rings is 1. The van der Waals surface area contributed by atoms with Crippen molar-refractivity contribution in [2.24, 2.45) is 0 Å². The lowest BCUT2D eigenvalue weighted by atomic mass is 10.0. The van der Waals surface area contributed by atoms with Gasteiger partial charge in [-0.3, -0.25) is 9.36 Å². The van der Waals surface area contributed by atoms with E-state index in [1.54, 1.807) is 11.3 Å². The van der Waals surface area contributed by atoms with Crippen molar-refractivity contribution in [2.75, 3.05) is 5.75 Å². The van der Waals surface area contributed by atoms with E-state index in [0.29, 0.717) is 18.8 Å². The molecule has 0 N–H and O–H groups in total. The predicted octanol–water partition coefficient (Wildman–Crippen LogP) is 5.97. The van der Waals surface area contributed by atoms with Crippen molar-refractivity contribution in [3.05, 3.63) is 89.3 Å². The van der Waals surface area contributed by atoms with Crippen molar-refractivity contribution in [1.29, 1.82) is 0 Å². The molecular formula is C26H28N4OS2. The highest BCUT2D eigenvalue weighted by Crippen LogP contribution is 2.29. The van der Waals surface area contributed by atoms with Gasteiger partial charge in [0.1, 0.15) is 0 Å². The largest absolute Gasteiger partial charge is 0.333 e. The molecule has 33 heavy (non-hydrogen) atoms. The van der Waals surface area contributed by atoms with Gasteiger partial charge in [0, 0.05) is 12.1 Å². The van der Waals surface area contributed by atoms with E-state index in [4.69, 9.17) is 0 Å². The summed E-state index contributed by atoms with van der Waals surface area (Å²) in [6.07, 6.45) is 0. The van der Waals surface area contributed by atoms with Crippen LogP contribution in [-0.4, -0.2) is 36.9 Å². The number of carbonyl (C=O) groups excluding carboxylic acids is 1. The number of hydrogen-bond donors (Lipinski definition) is 0. The van der Waals surface area contributed by atoms with Gasteiger partial charge in [0.15, 0.2) is 11.0 Å². The SMILES string of the molecule is CC(C)(C)N(Cc1ccccc1)C(=O)CSc1nnc(-c2cccs2)n1Cc1ccccc1. The summed E-state index contributed by atoms with van der Waals surface area (Å²) in [5.74, 6) is 1.23. The maximum atomic E-state index is 13.3. The number of hydrogen-bond acceptors (Lipinski definition) is 5. The predicted molar refractivity (Wildman–Crippen MR) is 136 cm³/mol. The number of aromatic nitrogens is 3. The molecule has 0 saturated carbocycles. The fourth-order valence-electron chi connectivity index (χ4n) is 3.56. The molecule has 0 aliphatic rings. The molecule has 4 rings (SSSR count). The zero-order valence-corrected chi connectivity index (χ0v) is 20.8. The van der Waals surface area contributed by atoms with Gasteiger partial charge in [0.25, 0.3) is 0 Å². The molecule has 0 fully saturated rings. The number of nitrogens with zero attached hydrogens (tertiary/aromatic N) is 4. The second-order valence-electron chi connectivity index (χ2n) is 8.78. The summed E-state index contributed by atoms with van der Waals surface area (Å²) in [5, 5.41) is 11.7. The Morgan fingerprint density at radius 2 is 1.61 bits per heavy atom. The van der Waals surface area contributed by atoms with Gasteiger partial charge in [-0.1, -0.05) is 78.5 Å². The third-order valence-electron chi connectivity index (χ3n) is 5.26. The Bertz CT molecular complexity index is 1170. The highest BCUT2D eigenvalue weighted by Gasteiger charge is 2.27. The van der Waals surface area contributed by atoms with Gasteiger partial charge < -0.3 is 4.90 Å². The molecule has 1 amide bonds. The Kier molecular flexibility index (Phi) is 7.30. The molecule has 0 aliphatic carbocycles. The van der Waals surface area contributed by atoms with Crippen LogP contribution in [0.1, 0.15) is 31.9 Å². The lowest BCUT2D eigenvalue weighted by Gasteiger charge is -2.36. The molecule has 0 saturated heterocycles. The summed E-state index contributed by atoms with van der Waals surface area (Å²) in [5.41, 5.74) is 2.01. The first-order chi connectivity index (χ1) is 15.9. The van der Waals surface area contributed by atoms with Crippen LogP contribution in [-0.2, 0) is 17.9 Å². The maximum absolute atomic E-state index is 13.3. The molecule has 2 aromatic heterocycles. The Balaban J connectivity index is 1.55. The molecule has 0 aliphatic heterocycles. The van der Waals surface area contributed by atoms with Crippen molar-refractivity contribution >= 4 is 29.0 Å². The number of thioether (sulfide) groups is 1. The number of amides is 1. The van der Waals surface area contributed by atoms with E-state index in [1.165, 1.54) is 17.3 Å². The normalized spacial score (nSPS) is 11.5. The third kappa shape index (κ3) is 5.92. The van der Waals surface area contributed by atoms with Gasteiger partial charge in [0.2, 0.25) is 5.91 Å². The monoisotopic (exact) mass is 476 g/mol. The highest BCUT2D eigenvalue weighted by molar-refractivity contribution is 7.99. The van der Waals surface area contributed by atoms with Crippen molar-refractivity contribution in [3.63, 3.8) is 0 Å². The second kappa shape index (κ2) is 10.4. The van der Waals surface area contributed by atoms with Crippen LogP contribution in [0.3, 0.4) is 0 Å². The molecule has 2 heterocycles.